The quantitative estimate of drug-likeness (QED) is 0.265. The van der Waals surface area contributed by atoms with Gasteiger partial charge >= 0.3 is 0 Å². The molecule has 0 rings (SSSR count). The van der Waals surface area contributed by atoms with E-state index in [9.17, 15) is 19.5 Å². The average Bonchev–Trinajstić information content (AvgIpc) is 2.52. The van der Waals surface area contributed by atoms with Crippen molar-refractivity contribution in [2.45, 2.75) is 40.0 Å². The van der Waals surface area contributed by atoms with Gasteiger partial charge in [-0.25, -0.2) is 0 Å². The first kappa shape index (κ1) is 19.6. The Labute approximate surface area is 130 Å². The van der Waals surface area contributed by atoms with Crippen LogP contribution in [0, 0.1) is 5.92 Å². The highest BCUT2D eigenvalue weighted by Gasteiger charge is 2.13. The van der Waals surface area contributed by atoms with Gasteiger partial charge in [-0.3, -0.25) is 14.4 Å². The Morgan fingerprint density at radius 3 is 2.59 bits per heavy atom. The number of carbonyl (C=O) groups is 3. The summed E-state index contributed by atoms with van der Waals surface area (Å²) < 4.78 is 4.90. The lowest BCUT2D eigenvalue weighted by atomic mass is 10.0. The second-order valence-electron chi connectivity index (χ2n) is 4.71. The lowest BCUT2D eigenvalue weighted by Crippen LogP contribution is -2.06. The molecule has 6 heteroatoms. The van der Waals surface area contributed by atoms with Gasteiger partial charge in [0.2, 0.25) is 6.41 Å². The van der Waals surface area contributed by atoms with Gasteiger partial charge in [-0.05, 0) is 26.0 Å². The smallest absolute Gasteiger partial charge is 0.298 e. The second kappa shape index (κ2) is 11.3. The van der Waals surface area contributed by atoms with Gasteiger partial charge in [0.1, 0.15) is 11.5 Å². The van der Waals surface area contributed by atoms with Crippen molar-refractivity contribution in [2.24, 2.45) is 5.92 Å². The normalized spacial score (nSPS) is 14.2. The third-order valence-corrected chi connectivity index (χ3v) is 3.12. The standard InChI is InChI=1S/C16H23NO5/c1-4-14(20)13(3)15(21)9-16(22-11-19)12(2)7-5-6-8-17-10-18/h6,8-12,21H,4-5,7H2,1-3H3,(H,17,18)/b8-6+,15-13-,16-9-. The van der Waals surface area contributed by atoms with Gasteiger partial charge in [0, 0.05) is 24.0 Å². The van der Waals surface area contributed by atoms with Crippen molar-refractivity contribution < 1.29 is 24.2 Å². The van der Waals surface area contributed by atoms with E-state index in [-0.39, 0.29) is 41.7 Å². The number of carbonyl (C=O) groups excluding carboxylic acids is 3. The molecule has 1 amide bonds. The number of aliphatic hydroxyl groups excluding tert-OH is 1. The van der Waals surface area contributed by atoms with E-state index in [1.807, 2.05) is 6.92 Å². The largest absolute Gasteiger partial charge is 0.507 e. The summed E-state index contributed by atoms with van der Waals surface area (Å²) in [7, 11) is 0. The van der Waals surface area contributed by atoms with Crippen molar-refractivity contribution in [1.82, 2.24) is 5.32 Å². The maximum absolute atomic E-state index is 11.5. The van der Waals surface area contributed by atoms with Crippen LogP contribution >= 0.6 is 0 Å². The summed E-state index contributed by atoms with van der Waals surface area (Å²) in [4.78, 5) is 32.2. The van der Waals surface area contributed by atoms with Crippen molar-refractivity contribution in [3.8, 4) is 0 Å². The molecule has 1 unspecified atom stereocenters. The molecule has 0 heterocycles. The van der Waals surface area contributed by atoms with E-state index >= 15 is 0 Å². The summed E-state index contributed by atoms with van der Waals surface area (Å²) in [6.07, 6.45) is 6.74. The highest BCUT2D eigenvalue weighted by molar-refractivity contribution is 5.95. The molecular formula is C16H23NO5. The molecule has 0 fully saturated rings. The van der Waals surface area contributed by atoms with Crippen molar-refractivity contribution in [1.29, 1.82) is 0 Å². The maximum Gasteiger partial charge on any atom is 0.298 e. The predicted octanol–water partition coefficient (Wildman–Crippen LogP) is 2.53. The lowest BCUT2D eigenvalue weighted by Gasteiger charge is -2.13. The van der Waals surface area contributed by atoms with Crippen LogP contribution in [0.3, 0.4) is 0 Å². The first-order chi connectivity index (χ1) is 10.5. The SMILES string of the molecule is CCC(=O)/C(C)=C(O)/C=C(\OC=O)C(C)CC/C=C/NC=O. The lowest BCUT2D eigenvalue weighted by molar-refractivity contribution is -0.125. The summed E-state index contributed by atoms with van der Waals surface area (Å²) in [5, 5.41) is 12.3. The number of rotatable bonds is 11. The number of ether oxygens (including phenoxy) is 1. The fourth-order valence-corrected chi connectivity index (χ4v) is 1.68. The molecule has 6 nitrogen and oxygen atoms in total. The number of nitrogens with one attached hydrogen (secondary N) is 1. The van der Waals surface area contributed by atoms with Crippen LogP contribution < -0.4 is 5.32 Å². The Kier molecular flexibility index (Phi) is 10.1. The van der Waals surface area contributed by atoms with E-state index in [0.29, 0.717) is 19.3 Å². The first-order valence-corrected chi connectivity index (χ1v) is 7.07. The zero-order valence-electron chi connectivity index (χ0n) is 13.2. The number of allylic oxidation sites excluding steroid dienone is 4. The minimum absolute atomic E-state index is 0.141. The number of hydrogen-bond donors (Lipinski definition) is 2. The molecule has 0 saturated carbocycles. The van der Waals surface area contributed by atoms with Gasteiger partial charge in [0.05, 0.1) is 0 Å². The van der Waals surface area contributed by atoms with Crippen LogP contribution in [0.25, 0.3) is 0 Å². The van der Waals surface area contributed by atoms with E-state index in [1.54, 1.807) is 13.0 Å². The number of Topliss-reactive ketones (excluding diaryl/α,β-unsaturated/α-hetero) is 1. The molecule has 1 atom stereocenters. The number of amides is 1. The summed E-state index contributed by atoms with van der Waals surface area (Å²) in [5.41, 5.74) is 0.233. The maximum atomic E-state index is 11.5. The van der Waals surface area contributed by atoms with Gasteiger partial charge in [0.15, 0.2) is 5.78 Å². The average molecular weight is 309 g/mol. The van der Waals surface area contributed by atoms with Crippen LogP contribution in [0.2, 0.25) is 0 Å². The molecular weight excluding hydrogens is 286 g/mol. The highest BCUT2D eigenvalue weighted by Crippen LogP contribution is 2.20. The van der Waals surface area contributed by atoms with E-state index < -0.39 is 0 Å². The molecule has 0 spiro atoms. The van der Waals surface area contributed by atoms with E-state index in [0.717, 1.165) is 0 Å². The van der Waals surface area contributed by atoms with Crippen LogP contribution in [0.4, 0.5) is 0 Å². The molecule has 0 aromatic heterocycles. The third kappa shape index (κ3) is 7.42. The Hall–Kier alpha value is -2.37. The van der Waals surface area contributed by atoms with Crippen molar-refractivity contribution in [3.63, 3.8) is 0 Å². The van der Waals surface area contributed by atoms with E-state index in [4.69, 9.17) is 4.74 Å². The van der Waals surface area contributed by atoms with E-state index in [2.05, 4.69) is 5.32 Å². The molecule has 0 aromatic carbocycles. The minimum atomic E-state index is -0.200. The molecule has 0 radical (unpaired) electrons. The zero-order chi connectivity index (χ0) is 17.0. The second-order valence-corrected chi connectivity index (χ2v) is 4.71. The third-order valence-electron chi connectivity index (χ3n) is 3.12. The highest BCUT2D eigenvalue weighted by atomic mass is 16.5. The van der Waals surface area contributed by atoms with Crippen LogP contribution in [-0.4, -0.2) is 23.8 Å². The summed E-state index contributed by atoms with van der Waals surface area (Å²) in [6.45, 7) is 5.35. The van der Waals surface area contributed by atoms with Gasteiger partial charge in [-0.2, -0.15) is 0 Å². The number of hydrogen-bond acceptors (Lipinski definition) is 5. The van der Waals surface area contributed by atoms with Crippen LogP contribution in [0.5, 0.6) is 0 Å². The summed E-state index contributed by atoms with van der Waals surface area (Å²) >= 11 is 0. The topological polar surface area (TPSA) is 92.7 Å². The van der Waals surface area contributed by atoms with Crippen LogP contribution in [-0.2, 0) is 19.1 Å². The van der Waals surface area contributed by atoms with Crippen LogP contribution in [0.15, 0.2) is 35.4 Å². The molecule has 0 aliphatic carbocycles. The Bertz CT molecular complexity index is 477. The molecule has 0 aromatic rings. The molecule has 0 aliphatic rings. The fraction of sp³-hybridized carbons (Fsp3) is 0.438. The predicted molar refractivity (Wildman–Crippen MR) is 82.6 cm³/mol. The molecule has 0 bridgehead atoms. The van der Waals surface area contributed by atoms with Crippen molar-refractivity contribution >= 4 is 18.7 Å². The van der Waals surface area contributed by atoms with Gasteiger partial charge in [-0.1, -0.05) is 19.9 Å². The Morgan fingerprint density at radius 2 is 2.05 bits per heavy atom. The minimum Gasteiger partial charge on any atom is -0.507 e. The first-order valence-electron chi connectivity index (χ1n) is 7.07. The van der Waals surface area contributed by atoms with Crippen molar-refractivity contribution in [3.05, 3.63) is 35.4 Å². The monoisotopic (exact) mass is 309 g/mol. The Morgan fingerprint density at radius 1 is 1.36 bits per heavy atom. The molecule has 122 valence electrons. The van der Waals surface area contributed by atoms with Gasteiger partial charge in [0.25, 0.3) is 6.47 Å². The molecule has 0 aliphatic heterocycles. The fourth-order valence-electron chi connectivity index (χ4n) is 1.68. The molecule has 22 heavy (non-hydrogen) atoms. The zero-order valence-corrected chi connectivity index (χ0v) is 13.2. The molecule has 0 saturated heterocycles. The van der Waals surface area contributed by atoms with Crippen molar-refractivity contribution in [2.75, 3.05) is 0 Å². The summed E-state index contributed by atoms with van der Waals surface area (Å²) in [6, 6.07) is 0. The summed E-state index contributed by atoms with van der Waals surface area (Å²) in [5.74, 6) is -0.228. The number of ketones is 1. The Balaban J connectivity index is 4.96. The van der Waals surface area contributed by atoms with Gasteiger partial charge in [-0.15, -0.1) is 0 Å². The van der Waals surface area contributed by atoms with Gasteiger partial charge < -0.3 is 15.2 Å². The van der Waals surface area contributed by atoms with Crippen LogP contribution in [0.1, 0.15) is 40.0 Å². The number of aliphatic hydroxyl groups is 1. The van der Waals surface area contributed by atoms with E-state index in [1.165, 1.54) is 19.2 Å². The molecule has 2 N–H and O–H groups in total.